The lowest BCUT2D eigenvalue weighted by atomic mass is 10.1. The Bertz CT molecular complexity index is 857. The highest BCUT2D eigenvalue weighted by molar-refractivity contribution is 6.34. The Labute approximate surface area is 162 Å². The van der Waals surface area contributed by atoms with Crippen molar-refractivity contribution < 1.29 is 19.1 Å². The first-order chi connectivity index (χ1) is 12.8. The van der Waals surface area contributed by atoms with Crippen molar-refractivity contribution in [1.82, 2.24) is 5.32 Å². The molecule has 2 aromatic carbocycles. The van der Waals surface area contributed by atoms with E-state index in [-0.39, 0.29) is 12.5 Å². The highest BCUT2D eigenvalue weighted by Gasteiger charge is 2.13. The Hall–Kier alpha value is -2.86. The van der Waals surface area contributed by atoms with Crippen LogP contribution in [0, 0.1) is 20.8 Å². The van der Waals surface area contributed by atoms with Crippen molar-refractivity contribution in [2.45, 2.75) is 20.8 Å². The molecule has 0 fully saturated rings. The summed E-state index contributed by atoms with van der Waals surface area (Å²) in [4.78, 5) is 35.7. The molecule has 0 aliphatic rings. The summed E-state index contributed by atoms with van der Waals surface area (Å²) in [6.45, 7) is 4.79. The zero-order chi connectivity index (χ0) is 20.0. The Morgan fingerprint density at radius 1 is 1.04 bits per heavy atom. The number of esters is 1. The molecule has 0 aromatic heterocycles. The monoisotopic (exact) mass is 388 g/mol. The predicted octanol–water partition coefficient (Wildman–Crippen LogP) is 3.18. The molecule has 0 bridgehead atoms. The molecule has 142 valence electrons. The van der Waals surface area contributed by atoms with Crippen molar-refractivity contribution in [2.75, 3.05) is 18.5 Å². The SMILES string of the molecule is Cc1cccc(C(=O)NCC(=O)OCC(=O)Nc2c(C)cc(C)cc2Cl)c1. The number of carbonyl (C=O) groups is 3. The van der Waals surface area contributed by atoms with E-state index in [0.717, 1.165) is 16.7 Å². The number of nitrogens with one attached hydrogen (secondary N) is 2. The first-order valence-corrected chi connectivity index (χ1v) is 8.71. The third-order valence-corrected chi connectivity index (χ3v) is 4.03. The Kier molecular flexibility index (Phi) is 6.96. The van der Waals surface area contributed by atoms with E-state index in [1.807, 2.05) is 32.9 Å². The average Bonchev–Trinajstić information content (AvgIpc) is 2.60. The number of carbonyl (C=O) groups excluding carboxylic acids is 3. The second kappa shape index (κ2) is 9.19. The molecule has 2 rings (SSSR count). The van der Waals surface area contributed by atoms with E-state index in [1.165, 1.54) is 0 Å². The van der Waals surface area contributed by atoms with Gasteiger partial charge in [-0.05, 0) is 50.1 Å². The molecule has 2 aromatic rings. The second-order valence-corrected chi connectivity index (χ2v) is 6.61. The lowest BCUT2D eigenvalue weighted by Gasteiger charge is -2.12. The summed E-state index contributed by atoms with van der Waals surface area (Å²) in [5.74, 6) is -1.61. The van der Waals surface area contributed by atoms with E-state index in [9.17, 15) is 14.4 Å². The molecule has 27 heavy (non-hydrogen) atoms. The maximum atomic E-state index is 12.0. The number of ether oxygens (including phenoxy) is 1. The van der Waals surface area contributed by atoms with Crippen molar-refractivity contribution in [3.8, 4) is 0 Å². The van der Waals surface area contributed by atoms with E-state index in [0.29, 0.717) is 16.3 Å². The fourth-order valence-corrected chi connectivity index (χ4v) is 2.86. The molecule has 0 unspecified atom stereocenters. The number of halogens is 1. The molecule has 0 radical (unpaired) electrons. The van der Waals surface area contributed by atoms with E-state index >= 15 is 0 Å². The van der Waals surface area contributed by atoms with Gasteiger partial charge in [0.25, 0.3) is 11.8 Å². The van der Waals surface area contributed by atoms with Gasteiger partial charge in [0.2, 0.25) is 0 Å². The van der Waals surface area contributed by atoms with Gasteiger partial charge in [0, 0.05) is 5.56 Å². The molecular weight excluding hydrogens is 368 g/mol. The molecule has 6 nitrogen and oxygen atoms in total. The summed E-state index contributed by atoms with van der Waals surface area (Å²) in [5, 5.41) is 5.49. The van der Waals surface area contributed by atoms with E-state index in [2.05, 4.69) is 10.6 Å². The van der Waals surface area contributed by atoms with Crippen molar-refractivity contribution in [1.29, 1.82) is 0 Å². The number of hydrogen-bond acceptors (Lipinski definition) is 4. The van der Waals surface area contributed by atoms with Gasteiger partial charge in [0.1, 0.15) is 6.54 Å². The van der Waals surface area contributed by atoms with Gasteiger partial charge in [-0.2, -0.15) is 0 Å². The van der Waals surface area contributed by atoms with Crippen molar-refractivity contribution in [3.63, 3.8) is 0 Å². The topological polar surface area (TPSA) is 84.5 Å². The fourth-order valence-electron chi connectivity index (χ4n) is 2.49. The minimum atomic E-state index is -0.710. The van der Waals surface area contributed by atoms with Gasteiger partial charge in [-0.15, -0.1) is 0 Å². The predicted molar refractivity (Wildman–Crippen MR) is 104 cm³/mol. The summed E-state index contributed by atoms with van der Waals surface area (Å²) < 4.78 is 4.88. The number of benzene rings is 2. The van der Waals surface area contributed by atoms with Crippen LogP contribution in [0.1, 0.15) is 27.0 Å². The highest BCUT2D eigenvalue weighted by Crippen LogP contribution is 2.27. The van der Waals surface area contributed by atoms with Crippen LogP contribution in [0.3, 0.4) is 0 Å². The minimum absolute atomic E-state index is 0.329. The molecule has 0 atom stereocenters. The molecule has 7 heteroatoms. The van der Waals surface area contributed by atoms with E-state index in [4.69, 9.17) is 16.3 Å². The van der Waals surface area contributed by atoms with Crippen LogP contribution in [0.5, 0.6) is 0 Å². The zero-order valence-electron chi connectivity index (χ0n) is 15.4. The summed E-state index contributed by atoms with van der Waals surface area (Å²) in [7, 11) is 0. The van der Waals surface area contributed by atoms with Crippen LogP contribution in [-0.2, 0) is 14.3 Å². The number of amides is 2. The summed E-state index contributed by atoms with van der Waals surface area (Å²) in [6.07, 6.45) is 0. The third-order valence-electron chi connectivity index (χ3n) is 3.73. The van der Waals surface area contributed by atoms with E-state index in [1.54, 1.807) is 24.3 Å². The molecular formula is C20H21ClN2O4. The van der Waals surface area contributed by atoms with Gasteiger partial charge in [0.15, 0.2) is 6.61 Å². The minimum Gasteiger partial charge on any atom is -0.454 e. The van der Waals surface area contributed by atoms with Crippen LogP contribution in [0.4, 0.5) is 5.69 Å². The van der Waals surface area contributed by atoms with E-state index < -0.39 is 18.5 Å². The smallest absolute Gasteiger partial charge is 0.325 e. The largest absolute Gasteiger partial charge is 0.454 e. The highest BCUT2D eigenvalue weighted by atomic mass is 35.5. The lowest BCUT2D eigenvalue weighted by molar-refractivity contribution is -0.146. The third kappa shape index (κ3) is 6.11. The van der Waals surface area contributed by atoms with Crippen LogP contribution >= 0.6 is 11.6 Å². The van der Waals surface area contributed by atoms with Gasteiger partial charge >= 0.3 is 5.97 Å². The maximum Gasteiger partial charge on any atom is 0.325 e. The molecule has 2 N–H and O–H groups in total. The fraction of sp³-hybridized carbons (Fsp3) is 0.250. The summed E-state index contributed by atoms with van der Waals surface area (Å²) >= 11 is 6.13. The standard InChI is InChI=1S/C20H21ClN2O4/c1-12-5-4-6-15(8-12)20(26)22-10-18(25)27-11-17(24)23-19-14(3)7-13(2)9-16(19)21/h4-9H,10-11H2,1-3H3,(H,22,26)(H,23,24). The zero-order valence-corrected chi connectivity index (χ0v) is 16.1. The van der Waals surface area contributed by atoms with Gasteiger partial charge in [0.05, 0.1) is 10.7 Å². The van der Waals surface area contributed by atoms with Crippen LogP contribution < -0.4 is 10.6 Å². The Morgan fingerprint density at radius 2 is 1.78 bits per heavy atom. The quantitative estimate of drug-likeness (QED) is 0.744. The first kappa shape index (κ1) is 20.5. The Morgan fingerprint density at radius 3 is 2.44 bits per heavy atom. The van der Waals surface area contributed by atoms with Crippen LogP contribution in [0.15, 0.2) is 36.4 Å². The van der Waals surface area contributed by atoms with Gasteiger partial charge in [-0.1, -0.05) is 35.4 Å². The van der Waals surface area contributed by atoms with Crippen LogP contribution in [0.2, 0.25) is 5.02 Å². The molecule has 0 aliphatic carbocycles. The molecule has 0 heterocycles. The maximum absolute atomic E-state index is 12.0. The number of rotatable bonds is 6. The van der Waals surface area contributed by atoms with Crippen LogP contribution in [-0.4, -0.2) is 30.9 Å². The Balaban J connectivity index is 1.80. The van der Waals surface area contributed by atoms with Crippen LogP contribution in [0.25, 0.3) is 0 Å². The molecule has 2 amide bonds. The summed E-state index contributed by atoms with van der Waals surface area (Å²) in [5.41, 5.74) is 3.66. The molecule has 0 saturated carbocycles. The van der Waals surface area contributed by atoms with Gasteiger partial charge in [-0.3, -0.25) is 14.4 Å². The first-order valence-electron chi connectivity index (χ1n) is 8.33. The normalized spacial score (nSPS) is 10.2. The molecule has 0 aliphatic heterocycles. The van der Waals surface area contributed by atoms with Gasteiger partial charge in [-0.25, -0.2) is 0 Å². The van der Waals surface area contributed by atoms with Crippen molar-refractivity contribution in [3.05, 3.63) is 63.7 Å². The second-order valence-electron chi connectivity index (χ2n) is 6.20. The van der Waals surface area contributed by atoms with Gasteiger partial charge < -0.3 is 15.4 Å². The van der Waals surface area contributed by atoms with Crippen molar-refractivity contribution in [2.24, 2.45) is 0 Å². The average molecular weight is 389 g/mol. The molecule has 0 spiro atoms. The number of hydrogen-bond donors (Lipinski definition) is 2. The summed E-state index contributed by atoms with van der Waals surface area (Å²) in [6, 6.07) is 10.6. The molecule has 0 saturated heterocycles. The number of aryl methyl sites for hydroxylation is 3. The number of anilines is 1. The van der Waals surface area contributed by atoms with Crippen molar-refractivity contribution >= 4 is 35.1 Å². The lowest BCUT2D eigenvalue weighted by Crippen LogP contribution is -2.32.